The minimum Gasteiger partial charge on any atom is -0.467 e. The predicted octanol–water partition coefficient (Wildman–Crippen LogP) is 0.736. The van der Waals surface area contributed by atoms with E-state index in [0.29, 0.717) is 25.1 Å². The minimum absolute atomic E-state index is 0.0501. The molecule has 0 aliphatic carbocycles. The molecule has 106 valence electrons. The normalized spacial score (nSPS) is 11.9. The molecule has 19 heavy (non-hydrogen) atoms. The zero-order valence-corrected chi connectivity index (χ0v) is 11.0. The second kappa shape index (κ2) is 8.31. The first-order chi connectivity index (χ1) is 9.13. The van der Waals surface area contributed by atoms with Crippen molar-refractivity contribution in [1.82, 2.24) is 10.6 Å². The van der Waals surface area contributed by atoms with Crippen LogP contribution in [0.2, 0.25) is 0 Å². The van der Waals surface area contributed by atoms with Crippen LogP contribution in [0.3, 0.4) is 0 Å². The van der Waals surface area contributed by atoms with Gasteiger partial charge in [0.1, 0.15) is 11.9 Å². The van der Waals surface area contributed by atoms with Crippen molar-refractivity contribution in [3.05, 3.63) is 24.2 Å². The van der Waals surface area contributed by atoms with Crippen LogP contribution in [0.5, 0.6) is 0 Å². The van der Waals surface area contributed by atoms with Crippen LogP contribution < -0.4 is 10.6 Å². The van der Waals surface area contributed by atoms with Crippen LogP contribution in [0.1, 0.15) is 38.1 Å². The summed E-state index contributed by atoms with van der Waals surface area (Å²) >= 11 is 0. The lowest BCUT2D eigenvalue weighted by molar-refractivity contribution is -0.122. The van der Waals surface area contributed by atoms with Gasteiger partial charge in [0.2, 0.25) is 11.8 Å². The molecular formula is C13H20N2O4. The maximum atomic E-state index is 11.5. The van der Waals surface area contributed by atoms with E-state index in [1.165, 1.54) is 6.26 Å². The molecular weight excluding hydrogens is 248 g/mol. The van der Waals surface area contributed by atoms with Crippen molar-refractivity contribution in [2.75, 3.05) is 13.1 Å². The summed E-state index contributed by atoms with van der Waals surface area (Å²) in [4.78, 5) is 22.6. The first kappa shape index (κ1) is 15.2. The Morgan fingerprint density at radius 3 is 2.58 bits per heavy atom. The molecule has 1 aromatic heterocycles. The lowest BCUT2D eigenvalue weighted by Gasteiger charge is -2.09. The Bertz CT molecular complexity index is 389. The molecule has 3 N–H and O–H groups in total. The Morgan fingerprint density at radius 2 is 2.00 bits per heavy atom. The summed E-state index contributed by atoms with van der Waals surface area (Å²) in [5.41, 5.74) is 0. The molecule has 1 aromatic rings. The molecule has 0 saturated carbocycles. The molecule has 1 heterocycles. The van der Waals surface area contributed by atoms with E-state index < -0.39 is 6.10 Å². The fourth-order valence-electron chi connectivity index (χ4n) is 1.58. The lowest BCUT2D eigenvalue weighted by atomic mass is 10.2. The monoisotopic (exact) mass is 268 g/mol. The molecule has 2 amide bonds. The summed E-state index contributed by atoms with van der Waals surface area (Å²) in [5.74, 6) is 0.184. The first-order valence-electron chi connectivity index (χ1n) is 6.38. The van der Waals surface area contributed by atoms with Crippen molar-refractivity contribution in [1.29, 1.82) is 0 Å². The highest BCUT2D eigenvalue weighted by Crippen LogP contribution is 2.11. The maximum absolute atomic E-state index is 11.5. The van der Waals surface area contributed by atoms with E-state index in [9.17, 15) is 14.7 Å². The summed E-state index contributed by atoms with van der Waals surface area (Å²) in [6, 6.07) is 3.32. The van der Waals surface area contributed by atoms with Crippen molar-refractivity contribution in [3.8, 4) is 0 Å². The van der Waals surface area contributed by atoms with Gasteiger partial charge in [-0.25, -0.2) is 0 Å². The number of aliphatic hydroxyl groups is 1. The minimum atomic E-state index is -0.845. The fraction of sp³-hybridized carbons (Fsp3) is 0.538. The number of carbonyl (C=O) groups is 2. The largest absolute Gasteiger partial charge is 0.467 e. The highest BCUT2D eigenvalue weighted by atomic mass is 16.4. The van der Waals surface area contributed by atoms with Gasteiger partial charge in [0, 0.05) is 19.4 Å². The summed E-state index contributed by atoms with van der Waals surface area (Å²) in [7, 11) is 0. The third-order valence-corrected chi connectivity index (χ3v) is 2.55. The zero-order valence-electron chi connectivity index (χ0n) is 11.0. The van der Waals surface area contributed by atoms with Gasteiger partial charge in [0.05, 0.1) is 12.8 Å². The summed E-state index contributed by atoms with van der Waals surface area (Å²) in [5, 5.41) is 14.9. The summed E-state index contributed by atoms with van der Waals surface area (Å²) in [6.45, 7) is 2.55. The molecule has 0 aliphatic rings. The van der Waals surface area contributed by atoms with E-state index in [0.717, 1.165) is 0 Å². The van der Waals surface area contributed by atoms with E-state index in [4.69, 9.17) is 4.42 Å². The number of hydrogen-bond donors (Lipinski definition) is 3. The van der Waals surface area contributed by atoms with Crippen molar-refractivity contribution in [3.63, 3.8) is 0 Å². The van der Waals surface area contributed by atoms with Gasteiger partial charge in [-0.1, -0.05) is 0 Å². The second-order valence-corrected chi connectivity index (χ2v) is 4.14. The van der Waals surface area contributed by atoms with Crippen LogP contribution in [0.25, 0.3) is 0 Å². The Morgan fingerprint density at radius 1 is 1.32 bits per heavy atom. The number of nitrogens with one attached hydrogen (secondary N) is 2. The Hall–Kier alpha value is -1.82. The van der Waals surface area contributed by atoms with Crippen molar-refractivity contribution in [2.45, 2.75) is 32.3 Å². The van der Waals surface area contributed by atoms with E-state index in [1.54, 1.807) is 12.1 Å². The van der Waals surface area contributed by atoms with E-state index in [1.807, 2.05) is 6.92 Å². The Balaban J connectivity index is 2.13. The van der Waals surface area contributed by atoms with Crippen molar-refractivity contribution in [2.24, 2.45) is 0 Å². The molecule has 6 heteroatoms. The lowest BCUT2D eigenvalue weighted by Crippen LogP contribution is -2.28. The summed E-state index contributed by atoms with van der Waals surface area (Å²) in [6.07, 6.45) is 1.72. The highest BCUT2D eigenvalue weighted by Gasteiger charge is 2.11. The SMILES string of the molecule is CCNC(=O)CCCC(=O)NCC(O)c1ccco1. The van der Waals surface area contributed by atoms with Crippen LogP contribution in [0.15, 0.2) is 22.8 Å². The number of aliphatic hydroxyl groups excluding tert-OH is 1. The molecule has 6 nitrogen and oxygen atoms in total. The van der Waals surface area contributed by atoms with Crippen LogP contribution in [-0.4, -0.2) is 30.0 Å². The molecule has 0 aromatic carbocycles. The van der Waals surface area contributed by atoms with Crippen molar-refractivity contribution < 1.29 is 19.1 Å². The molecule has 0 fully saturated rings. The smallest absolute Gasteiger partial charge is 0.220 e. The van der Waals surface area contributed by atoms with Gasteiger partial charge in [0.25, 0.3) is 0 Å². The average molecular weight is 268 g/mol. The van der Waals surface area contributed by atoms with Gasteiger partial charge in [-0.05, 0) is 25.5 Å². The Labute approximate surface area is 112 Å². The van der Waals surface area contributed by atoms with Crippen LogP contribution in [-0.2, 0) is 9.59 Å². The molecule has 0 radical (unpaired) electrons. The number of amides is 2. The van der Waals surface area contributed by atoms with Gasteiger partial charge in [-0.15, -0.1) is 0 Å². The van der Waals surface area contributed by atoms with Crippen LogP contribution in [0, 0.1) is 0 Å². The van der Waals surface area contributed by atoms with Gasteiger partial charge >= 0.3 is 0 Å². The quantitative estimate of drug-likeness (QED) is 0.648. The van der Waals surface area contributed by atoms with Gasteiger partial charge in [0.15, 0.2) is 0 Å². The molecule has 1 unspecified atom stereocenters. The molecule has 0 aliphatic heterocycles. The standard InChI is InChI=1S/C13H20N2O4/c1-2-14-12(17)6-3-7-13(18)15-9-10(16)11-5-4-8-19-11/h4-5,8,10,16H,2-3,6-7,9H2,1H3,(H,14,17)(H,15,18). The van der Waals surface area contributed by atoms with E-state index >= 15 is 0 Å². The highest BCUT2D eigenvalue weighted by molar-refractivity contribution is 5.78. The topological polar surface area (TPSA) is 91.6 Å². The fourth-order valence-corrected chi connectivity index (χ4v) is 1.58. The third-order valence-electron chi connectivity index (χ3n) is 2.55. The Kier molecular flexibility index (Phi) is 6.67. The first-order valence-corrected chi connectivity index (χ1v) is 6.38. The van der Waals surface area contributed by atoms with Crippen molar-refractivity contribution >= 4 is 11.8 Å². The number of rotatable bonds is 8. The molecule has 0 spiro atoms. The summed E-state index contributed by atoms with van der Waals surface area (Å²) < 4.78 is 5.01. The molecule has 0 bridgehead atoms. The molecule has 1 atom stereocenters. The molecule has 0 saturated heterocycles. The number of hydrogen-bond acceptors (Lipinski definition) is 4. The number of furan rings is 1. The van der Waals surface area contributed by atoms with Gasteiger partial charge in [-0.2, -0.15) is 0 Å². The average Bonchev–Trinajstić information content (AvgIpc) is 2.90. The van der Waals surface area contributed by atoms with E-state index in [-0.39, 0.29) is 24.8 Å². The maximum Gasteiger partial charge on any atom is 0.220 e. The van der Waals surface area contributed by atoms with E-state index in [2.05, 4.69) is 10.6 Å². The zero-order chi connectivity index (χ0) is 14.1. The number of carbonyl (C=O) groups excluding carboxylic acids is 2. The third kappa shape index (κ3) is 6.05. The van der Waals surface area contributed by atoms with Gasteiger partial charge < -0.3 is 20.2 Å². The molecule has 1 rings (SSSR count). The van der Waals surface area contributed by atoms with Gasteiger partial charge in [-0.3, -0.25) is 9.59 Å². The second-order valence-electron chi connectivity index (χ2n) is 4.14. The van der Waals surface area contributed by atoms with Crippen LogP contribution in [0.4, 0.5) is 0 Å². The predicted molar refractivity (Wildman–Crippen MR) is 69.2 cm³/mol. The van der Waals surface area contributed by atoms with Crippen LogP contribution >= 0.6 is 0 Å².